The molecule has 0 bridgehead atoms. The van der Waals surface area contributed by atoms with E-state index in [1.54, 1.807) is 0 Å². The van der Waals surface area contributed by atoms with Crippen LogP contribution < -0.4 is 0 Å². The van der Waals surface area contributed by atoms with Crippen LogP contribution in [0.3, 0.4) is 0 Å². The summed E-state index contributed by atoms with van der Waals surface area (Å²) >= 11 is 0. The Labute approximate surface area is 89.2 Å². The van der Waals surface area contributed by atoms with Gasteiger partial charge in [0.2, 0.25) is 0 Å². The molecular formula is C13H14O2. The quantitative estimate of drug-likeness (QED) is 0.646. The van der Waals surface area contributed by atoms with Crippen LogP contribution in [0.5, 0.6) is 0 Å². The zero-order chi connectivity index (χ0) is 10.6. The number of ketones is 1. The second-order valence-electron chi connectivity index (χ2n) is 5.06. The van der Waals surface area contributed by atoms with Gasteiger partial charge in [-0.25, -0.2) is 0 Å². The van der Waals surface area contributed by atoms with Gasteiger partial charge >= 0.3 is 0 Å². The van der Waals surface area contributed by atoms with E-state index in [-0.39, 0.29) is 23.4 Å². The van der Waals surface area contributed by atoms with Crippen molar-refractivity contribution in [2.24, 2.45) is 5.92 Å². The molecule has 1 fully saturated rings. The third kappa shape index (κ3) is 1.18. The van der Waals surface area contributed by atoms with Gasteiger partial charge in [-0.1, -0.05) is 24.3 Å². The molecule has 0 N–H and O–H groups in total. The van der Waals surface area contributed by atoms with Gasteiger partial charge < -0.3 is 4.74 Å². The lowest BCUT2D eigenvalue weighted by atomic mass is 9.94. The summed E-state index contributed by atoms with van der Waals surface area (Å²) in [5, 5.41) is 0. The maximum atomic E-state index is 12.1. The molecule has 0 radical (unpaired) electrons. The van der Waals surface area contributed by atoms with Gasteiger partial charge in [-0.15, -0.1) is 0 Å². The Balaban J connectivity index is 2.10. The summed E-state index contributed by atoms with van der Waals surface area (Å²) in [6.45, 7) is 4.11. The number of hydrogen-bond donors (Lipinski definition) is 0. The fourth-order valence-corrected chi connectivity index (χ4v) is 2.79. The van der Waals surface area contributed by atoms with Crippen molar-refractivity contribution in [1.82, 2.24) is 0 Å². The van der Waals surface area contributed by atoms with Gasteiger partial charge in [-0.05, 0) is 25.8 Å². The number of benzene rings is 1. The highest BCUT2D eigenvalue weighted by Crippen LogP contribution is 2.50. The molecule has 2 aliphatic rings. The number of rotatable bonds is 0. The van der Waals surface area contributed by atoms with E-state index in [4.69, 9.17) is 4.74 Å². The second kappa shape index (κ2) is 2.70. The summed E-state index contributed by atoms with van der Waals surface area (Å²) in [6.07, 6.45) is 0.842. The van der Waals surface area contributed by atoms with Crippen molar-refractivity contribution < 1.29 is 9.53 Å². The van der Waals surface area contributed by atoms with Crippen LogP contribution >= 0.6 is 0 Å². The van der Waals surface area contributed by atoms with Crippen molar-refractivity contribution in [2.45, 2.75) is 32.0 Å². The third-order valence-corrected chi connectivity index (χ3v) is 3.39. The molecule has 1 aromatic rings. The van der Waals surface area contributed by atoms with Crippen LogP contribution in [0.1, 0.15) is 42.3 Å². The molecule has 0 aromatic heterocycles. The van der Waals surface area contributed by atoms with Gasteiger partial charge in [0.05, 0.1) is 17.6 Å². The Hall–Kier alpha value is -1.15. The molecule has 1 heterocycles. The minimum absolute atomic E-state index is 0.00343. The first-order valence-corrected chi connectivity index (χ1v) is 5.39. The predicted molar refractivity (Wildman–Crippen MR) is 56.8 cm³/mol. The van der Waals surface area contributed by atoms with Gasteiger partial charge in [0.1, 0.15) is 0 Å². The molecule has 1 aliphatic carbocycles. The number of hydrogen-bond acceptors (Lipinski definition) is 2. The predicted octanol–water partition coefficient (Wildman–Crippen LogP) is 2.74. The van der Waals surface area contributed by atoms with E-state index in [0.29, 0.717) is 0 Å². The molecule has 0 spiro atoms. The molecule has 78 valence electrons. The fraction of sp³-hybridized carbons (Fsp3) is 0.462. The molecule has 0 saturated carbocycles. The first-order chi connectivity index (χ1) is 7.08. The standard InChI is InChI=1S/C13H14O2/c1-13(2)7-10-11(14)8-5-3-4-6-9(8)12(10)15-13/h3-6,10,12H,7H2,1-2H3. The third-order valence-electron chi connectivity index (χ3n) is 3.39. The average molecular weight is 202 g/mol. The number of Topliss-reactive ketones (excluding diaryl/α,β-unsaturated/α-hetero) is 1. The van der Waals surface area contributed by atoms with Crippen molar-refractivity contribution in [3.8, 4) is 0 Å². The number of fused-ring (bicyclic) bond motifs is 3. The smallest absolute Gasteiger partial charge is 0.169 e. The lowest BCUT2D eigenvalue weighted by molar-refractivity contribution is -0.0185. The topological polar surface area (TPSA) is 26.3 Å². The van der Waals surface area contributed by atoms with Crippen LogP contribution in [0.4, 0.5) is 0 Å². The Bertz CT molecular complexity index is 434. The second-order valence-corrected chi connectivity index (χ2v) is 5.06. The van der Waals surface area contributed by atoms with Gasteiger partial charge in [0.25, 0.3) is 0 Å². The van der Waals surface area contributed by atoms with Crippen LogP contribution in [0.25, 0.3) is 0 Å². The van der Waals surface area contributed by atoms with Gasteiger partial charge in [-0.2, -0.15) is 0 Å². The van der Waals surface area contributed by atoms with Crippen LogP contribution in [0, 0.1) is 5.92 Å². The summed E-state index contributed by atoms with van der Waals surface area (Å²) in [5.74, 6) is 0.318. The zero-order valence-corrected chi connectivity index (χ0v) is 8.99. The van der Waals surface area contributed by atoms with E-state index in [2.05, 4.69) is 13.8 Å². The maximum absolute atomic E-state index is 12.1. The molecule has 3 rings (SSSR count). The Kier molecular flexibility index (Phi) is 1.64. The van der Waals surface area contributed by atoms with Crippen molar-refractivity contribution in [2.75, 3.05) is 0 Å². The van der Waals surface area contributed by atoms with Gasteiger partial charge in [0, 0.05) is 5.56 Å². The van der Waals surface area contributed by atoms with Crippen molar-refractivity contribution in [3.63, 3.8) is 0 Å². The van der Waals surface area contributed by atoms with Crippen LogP contribution in [-0.2, 0) is 4.74 Å². The van der Waals surface area contributed by atoms with E-state index in [1.165, 1.54) is 0 Å². The SMILES string of the molecule is CC1(C)CC2C(=O)c3ccccc3C2O1. The van der Waals surface area contributed by atoms with Gasteiger partial charge in [-0.3, -0.25) is 4.79 Å². The first kappa shape index (κ1) is 9.10. The van der Waals surface area contributed by atoms with Crippen LogP contribution in [0.2, 0.25) is 0 Å². The molecule has 2 atom stereocenters. The largest absolute Gasteiger partial charge is 0.367 e. The summed E-state index contributed by atoms with van der Waals surface area (Å²) in [6, 6.07) is 7.82. The highest BCUT2D eigenvalue weighted by atomic mass is 16.5. The Morgan fingerprint density at radius 2 is 2.07 bits per heavy atom. The summed E-state index contributed by atoms with van der Waals surface area (Å²) < 4.78 is 5.95. The number of carbonyl (C=O) groups is 1. The molecule has 1 saturated heterocycles. The highest BCUT2D eigenvalue weighted by Gasteiger charge is 2.50. The highest BCUT2D eigenvalue weighted by molar-refractivity contribution is 6.03. The molecule has 1 aliphatic heterocycles. The number of ether oxygens (including phenoxy) is 1. The van der Waals surface area contributed by atoms with Crippen molar-refractivity contribution >= 4 is 5.78 Å². The van der Waals surface area contributed by atoms with E-state index < -0.39 is 0 Å². The summed E-state index contributed by atoms with van der Waals surface area (Å²) in [5.41, 5.74) is 1.79. The molecule has 0 amide bonds. The van der Waals surface area contributed by atoms with E-state index in [1.807, 2.05) is 24.3 Å². The molecule has 1 aromatic carbocycles. The minimum atomic E-state index is -0.154. The summed E-state index contributed by atoms with van der Waals surface area (Å²) in [4.78, 5) is 12.1. The number of carbonyl (C=O) groups excluding carboxylic acids is 1. The van der Waals surface area contributed by atoms with Crippen molar-refractivity contribution in [1.29, 1.82) is 0 Å². The first-order valence-electron chi connectivity index (χ1n) is 5.39. The summed E-state index contributed by atoms with van der Waals surface area (Å²) in [7, 11) is 0. The van der Waals surface area contributed by atoms with E-state index in [0.717, 1.165) is 17.5 Å². The maximum Gasteiger partial charge on any atom is 0.169 e. The lowest BCUT2D eigenvalue weighted by Crippen LogP contribution is -2.19. The fourth-order valence-electron chi connectivity index (χ4n) is 2.79. The van der Waals surface area contributed by atoms with Gasteiger partial charge in [0.15, 0.2) is 5.78 Å². The Morgan fingerprint density at radius 3 is 2.87 bits per heavy atom. The van der Waals surface area contributed by atoms with E-state index in [9.17, 15) is 4.79 Å². The Morgan fingerprint density at radius 1 is 1.33 bits per heavy atom. The normalized spacial score (nSPS) is 31.5. The minimum Gasteiger partial charge on any atom is -0.367 e. The van der Waals surface area contributed by atoms with Crippen LogP contribution in [0.15, 0.2) is 24.3 Å². The average Bonchev–Trinajstić information content (AvgIpc) is 2.63. The lowest BCUT2D eigenvalue weighted by Gasteiger charge is -2.19. The molecule has 2 unspecified atom stereocenters. The molecule has 15 heavy (non-hydrogen) atoms. The van der Waals surface area contributed by atoms with Crippen molar-refractivity contribution in [3.05, 3.63) is 35.4 Å². The molecular weight excluding hydrogens is 188 g/mol. The zero-order valence-electron chi connectivity index (χ0n) is 8.99. The van der Waals surface area contributed by atoms with Crippen LogP contribution in [-0.4, -0.2) is 11.4 Å². The molecule has 2 nitrogen and oxygen atoms in total. The molecule has 2 heteroatoms. The monoisotopic (exact) mass is 202 g/mol. The van der Waals surface area contributed by atoms with E-state index >= 15 is 0 Å².